The van der Waals surface area contributed by atoms with Crippen LogP contribution in [0.25, 0.3) is 0 Å². The van der Waals surface area contributed by atoms with Gasteiger partial charge in [0.25, 0.3) is 0 Å². The zero-order valence-electron chi connectivity index (χ0n) is 10.9. The summed E-state index contributed by atoms with van der Waals surface area (Å²) >= 11 is 0. The zero-order chi connectivity index (χ0) is 11.8. The Hall–Kier alpha value is -0.990. The van der Waals surface area contributed by atoms with Crippen LogP contribution < -0.4 is 5.32 Å². The molecule has 0 aromatic carbocycles. The highest BCUT2D eigenvalue weighted by Gasteiger charge is 2.28. The first-order chi connectivity index (χ1) is 8.22. The summed E-state index contributed by atoms with van der Waals surface area (Å²) in [5, 5.41) is 3.66. The number of aromatic nitrogens is 2. The van der Waals surface area contributed by atoms with Crippen molar-refractivity contribution < 1.29 is 0 Å². The standard InChI is InChI=1S/C14H23N3/c1-10-7-11(2)9-12(8-10)16-14-15-5-6-17(14)13-3-4-13/h5-6,10-13H,3-4,7-9H2,1-2H3,(H,15,16). The van der Waals surface area contributed by atoms with Crippen molar-refractivity contribution in [2.45, 2.75) is 58.0 Å². The summed E-state index contributed by atoms with van der Waals surface area (Å²) in [5.74, 6) is 2.79. The van der Waals surface area contributed by atoms with Crippen LogP contribution in [0.5, 0.6) is 0 Å². The largest absolute Gasteiger partial charge is 0.353 e. The van der Waals surface area contributed by atoms with Crippen molar-refractivity contribution in [3.63, 3.8) is 0 Å². The molecule has 1 aromatic rings. The van der Waals surface area contributed by atoms with Crippen molar-refractivity contribution in [2.24, 2.45) is 11.8 Å². The minimum absolute atomic E-state index is 0.619. The minimum atomic E-state index is 0.619. The van der Waals surface area contributed by atoms with Gasteiger partial charge in [0.2, 0.25) is 5.95 Å². The highest BCUT2D eigenvalue weighted by atomic mass is 15.2. The van der Waals surface area contributed by atoms with E-state index in [1.807, 2.05) is 6.20 Å². The molecule has 17 heavy (non-hydrogen) atoms. The lowest BCUT2D eigenvalue weighted by molar-refractivity contribution is 0.280. The molecule has 2 unspecified atom stereocenters. The topological polar surface area (TPSA) is 29.9 Å². The van der Waals surface area contributed by atoms with Crippen LogP contribution >= 0.6 is 0 Å². The van der Waals surface area contributed by atoms with E-state index in [9.17, 15) is 0 Å². The van der Waals surface area contributed by atoms with Gasteiger partial charge in [0.05, 0.1) is 0 Å². The lowest BCUT2D eigenvalue weighted by Crippen LogP contribution is -2.31. The van der Waals surface area contributed by atoms with Gasteiger partial charge in [0.15, 0.2) is 0 Å². The van der Waals surface area contributed by atoms with Crippen molar-refractivity contribution in [1.82, 2.24) is 9.55 Å². The molecule has 2 fully saturated rings. The maximum Gasteiger partial charge on any atom is 0.203 e. The van der Waals surface area contributed by atoms with Crippen LogP contribution in [0.15, 0.2) is 12.4 Å². The van der Waals surface area contributed by atoms with Gasteiger partial charge in [0.1, 0.15) is 0 Å². The second-order valence-corrected chi connectivity index (χ2v) is 6.15. The smallest absolute Gasteiger partial charge is 0.203 e. The van der Waals surface area contributed by atoms with Crippen molar-refractivity contribution in [1.29, 1.82) is 0 Å². The molecule has 2 aliphatic rings. The number of hydrogen-bond donors (Lipinski definition) is 1. The van der Waals surface area contributed by atoms with Gasteiger partial charge in [-0.15, -0.1) is 0 Å². The van der Waals surface area contributed by atoms with Crippen molar-refractivity contribution in [3.05, 3.63) is 12.4 Å². The van der Waals surface area contributed by atoms with E-state index in [0.717, 1.165) is 23.8 Å². The molecule has 0 amide bonds. The number of rotatable bonds is 3. The summed E-state index contributed by atoms with van der Waals surface area (Å²) in [6.07, 6.45) is 10.7. The molecule has 0 spiro atoms. The molecule has 94 valence electrons. The summed E-state index contributed by atoms with van der Waals surface area (Å²) in [6.45, 7) is 4.75. The monoisotopic (exact) mass is 233 g/mol. The Bertz CT molecular complexity index is 371. The molecule has 0 saturated heterocycles. The van der Waals surface area contributed by atoms with Crippen LogP contribution in [0.3, 0.4) is 0 Å². The third-order valence-corrected chi connectivity index (χ3v) is 4.12. The fourth-order valence-electron chi connectivity index (χ4n) is 3.32. The van der Waals surface area contributed by atoms with Gasteiger partial charge in [-0.05, 0) is 43.9 Å². The highest BCUT2D eigenvalue weighted by Crippen LogP contribution is 2.37. The van der Waals surface area contributed by atoms with Crippen LogP contribution in [0.2, 0.25) is 0 Å². The number of hydrogen-bond acceptors (Lipinski definition) is 2. The molecule has 1 N–H and O–H groups in total. The van der Waals surface area contributed by atoms with Crippen molar-refractivity contribution in [2.75, 3.05) is 5.32 Å². The van der Waals surface area contributed by atoms with Gasteiger partial charge in [-0.25, -0.2) is 4.98 Å². The molecule has 1 heterocycles. The molecule has 1 aromatic heterocycles. The maximum atomic E-state index is 4.47. The Balaban J connectivity index is 1.67. The predicted octanol–water partition coefficient (Wildman–Crippen LogP) is 3.45. The fourth-order valence-corrected chi connectivity index (χ4v) is 3.32. The van der Waals surface area contributed by atoms with E-state index in [-0.39, 0.29) is 0 Å². The molecule has 2 atom stereocenters. The van der Waals surface area contributed by atoms with Crippen LogP contribution in [0.4, 0.5) is 5.95 Å². The van der Waals surface area contributed by atoms with Gasteiger partial charge in [-0.1, -0.05) is 13.8 Å². The number of nitrogens with zero attached hydrogens (tertiary/aromatic N) is 2. The van der Waals surface area contributed by atoms with E-state index in [0.29, 0.717) is 6.04 Å². The first kappa shape index (κ1) is 11.1. The van der Waals surface area contributed by atoms with Crippen molar-refractivity contribution >= 4 is 5.95 Å². The highest BCUT2D eigenvalue weighted by molar-refractivity contribution is 5.29. The fraction of sp³-hybridized carbons (Fsp3) is 0.786. The van der Waals surface area contributed by atoms with E-state index in [2.05, 4.69) is 34.9 Å². The van der Waals surface area contributed by atoms with E-state index in [4.69, 9.17) is 0 Å². The lowest BCUT2D eigenvalue weighted by Gasteiger charge is -2.32. The van der Waals surface area contributed by atoms with Crippen LogP contribution in [-0.2, 0) is 0 Å². The van der Waals surface area contributed by atoms with Gasteiger partial charge < -0.3 is 9.88 Å². The zero-order valence-corrected chi connectivity index (χ0v) is 10.9. The molecule has 3 heteroatoms. The molecular formula is C14H23N3. The molecule has 2 aliphatic carbocycles. The summed E-state index contributed by atoms with van der Waals surface area (Å²) in [6, 6.07) is 1.34. The predicted molar refractivity (Wildman–Crippen MR) is 70.1 cm³/mol. The molecule has 3 rings (SSSR count). The Morgan fingerprint density at radius 2 is 1.88 bits per heavy atom. The molecule has 0 aliphatic heterocycles. The molecule has 3 nitrogen and oxygen atoms in total. The molecule has 0 bridgehead atoms. The van der Waals surface area contributed by atoms with Gasteiger partial charge >= 0.3 is 0 Å². The Morgan fingerprint density at radius 3 is 2.53 bits per heavy atom. The second kappa shape index (κ2) is 4.35. The summed E-state index contributed by atoms with van der Waals surface area (Å²) in [4.78, 5) is 4.47. The molecule has 0 radical (unpaired) electrons. The van der Waals surface area contributed by atoms with Crippen molar-refractivity contribution in [3.8, 4) is 0 Å². The second-order valence-electron chi connectivity index (χ2n) is 6.15. The van der Waals surface area contributed by atoms with Gasteiger partial charge in [-0.2, -0.15) is 0 Å². The first-order valence-electron chi connectivity index (χ1n) is 7.01. The first-order valence-corrected chi connectivity index (χ1v) is 7.01. The van der Waals surface area contributed by atoms with Crippen LogP contribution in [0.1, 0.15) is 52.0 Å². The van der Waals surface area contributed by atoms with E-state index >= 15 is 0 Å². The lowest BCUT2D eigenvalue weighted by atomic mass is 9.80. The Morgan fingerprint density at radius 1 is 1.18 bits per heavy atom. The third kappa shape index (κ3) is 2.48. The minimum Gasteiger partial charge on any atom is -0.353 e. The number of nitrogens with one attached hydrogen (secondary N) is 1. The summed E-state index contributed by atoms with van der Waals surface area (Å²) < 4.78 is 2.32. The quantitative estimate of drug-likeness (QED) is 0.866. The van der Waals surface area contributed by atoms with Crippen LogP contribution in [-0.4, -0.2) is 15.6 Å². The van der Waals surface area contributed by atoms with E-state index in [1.165, 1.54) is 32.1 Å². The average molecular weight is 233 g/mol. The normalized spacial score (nSPS) is 33.6. The number of anilines is 1. The van der Waals surface area contributed by atoms with Gasteiger partial charge in [0, 0.05) is 24.5 Å². The summed E-state index contributed by atoms with van der Waals surface area (Å²) in [5.41, 5.74) is 0. The molecular weight excluding hydrogens is 210 g/mol. The average Bonchev–Trinajstić information content (AvgIpc) is 2.99. The Labute approximate surface area is 104 Å². The third-order valence-electron chi connectivity index (χ3n) is 4.12. The maximum absolute atomic E-state index is 4.47. The summed E-state index contributed by atoms with van der Waals surface area (Å²) in [7, 11) is 0. The number of imidazole rings is 1. The van der Waals surface area contributed by atoms with E-state index in [1.54, 1.807) is 0 Å². The molecule has 2 saturated carbocycles. The van der Waals surface area contributed by atoms with Gasteiger partial charge in [-0.3, -0.25) is 0 Å². The van der Waals surface area contributed by atoms with E-state index < -0.39 is 0 Å². The SMILES string of the molecule is CC1CC(C)CC(Nc2nccn2C2CC2)C1. The Kier molecular flexibility index (Phi) is 2.85. The van der Waals surface area contributed by atoms with Crippen LogP contribution in [0, 0.1) is 11.8 Å².